The molecule has 0 saturated carbocycles. The van der Waals surface area contributed by atoms with Gasteiger partial charge >= 0.3 is 5.97 Å². The van der Waals surface area contributed by atoms with Gasteiger partial charge in [0, 0.05) is 13.6 Å². The summed E-state index contributed by atoms with van der Waals surface area (Å²) in [6.07, 6.45) is 1.67. The van der Waals surface area contributed by atoms with Gasteiger partial charge in [0.15, 0.2) is 17.2 Å². The van der Waals surface area contributed by atoms with Crippen molar-refractivity contribution in [3.05, 3.63) is 96.7 Å². The van der Waals surface area contributed by atoms with Crippen LogP contribution in [0.3, 0.4) is 0 Å². The molecule has 5 nitrogen and oxygen atoms in total. The van der Waals surface area contributed by atoms with Gasteiger partial charge in [0.2, 0.25) is 5.90 Å². The molecule has 3 aromatic rings. The lowest BCUT2D eigenvalue weighted by Gasteiger charge is -2.12. The summed E-state index contributed by atoms with van der Waals surface area (Å²) >= 11 is 5.71. The number of carbonyl (C=O) groups excluding carboxylic acids is 1. The van der Waals surface area contributed by atoms with Crippen molar-refractivity contribution in [2.24, 2.45) is 4.99 Å². The summed E-state index contributed by atoms with van der Waals surface area (Å²) in [5.41, 5.74) is 3.99. The normalized spacial score (nSPS) is 14.3. The van der Waals surface area contributed by atoms with Gasteiger partial charge in [-0.05, 0) is 98.5 Å². The Kier molecular flexibility index (Phi) is 6.95. The predicted molar refractivity (Wildman–Crippen MR) is 136 cm³/mol. The molecular formula is C25H19BrINO4. The second-order valence-electron chi connectivity index (χ2n) is 7.09. The van der Waals surface area contributed by atoms with E-state index in [0.29, 0.717) is 18.1 Å². The van der Waals surface area contributed by atoms with Gasteiger partial charge in [0.05, 0.1) is 7.11 Å². The highest BCUT2D eigenvalue weighted by Gasteiger charge is 2.24. The van der Waals surface area contributed by atoms with Gasteiger partial charge in [-0.2, -0.15) is 0 Å². The number of carbonyl (C=O) groups is 1. The first-order valence-corrected chi connectivity index (χ1v) is 11.6. The third-order valence-electron chi connectivity index (χ3n) is 4.92. The van der Waals surface area contributed by atoms with Crippen LogP contribution < -0.4 is 9.47 Å². The molecule has 4 rings (SSSR count). The van der Waals surface area contributed by atoms with Crippen LogP contribution in [0.2, 0.25) is 0 Å². The summed E-state index contributed by atoms with van der Waals surface area (Å²) in [7, 11) is 1.58. The molecule has 0 bridgehead atoms. The van der Waals surface area contributed by atoms with Crippen molar-refractivity contribution in [1.82, 2.24) is 0 Å². The minimum atomic E-state index is -0.492. The zero-order chi connectivity index (χ0) is 22.7. The van der Waals surface area contributed by atoms with Crippen molar-refractivity contribution < 1.29 is 19.0 Å². The first-order chi connectivity index (χ1) is 15.4. The van der Waals surface area contributed by atoms with Gasteiger partial charge in [-0.1, -0.05) is 30.3 Å². The number of hydrogen-bond donors (Lipinski definition) is 0. The van der Waals surface area contributed by atoms with Crippen molar-refractivity contribution in [1.29, 1.82) is 0 Å². The maximum Gasteiger partial charge on any atom is 0.363 e. The zero-order valence-corrected chi connectivity index (χ0v) is 21.1. The van der Waals surface area contributed by atoms with Crippen LogP contribution in [0.25, 0.3) is 6.08 Å². The number of benzene rings is 3. The number of hydrogen-bond acceptors (Lipinski definition) is 5. The number of halogens is 2. The highest BCUT2D eigenvalue weighted by atomic mass is 127. The molecule has 0 saturated heterocycles. The van der Waals surface area contributed by atoms with E-state index >= 15 is 0 Å². The molecule has 162 valence electrons. The maximum absolute atomic E-state index is 12.4. The van der Waals surface area contributed by atoms with E-state index in [2.05, 4.69) is 56.5 Å². The second-order valence-corrected chi connectivity index (χ2v) is 9.11. The van der Waals surface area contributed by atoms with E-state index in [1.54, 1.807) is 13.2 Å². The Morgan fingerprint density at radius 2 is 1.91 bits per heavy atom. The Morgan fingerprint density at radius 1 is 1.09 bits per heavy atom. The minimum absolute atomic E-state index is 0.227. The molecule has 3 aromatic carbocycles. The van der Waals surface area contributed by atoms with Crippen LogP contribution >= 0.6 is 38.5 Å². The third-order valence-corrected chi connectivity index (χ3v) is 7.26. The number of aliphatic imine (C=N–C) groups is 1. The minimum Gasteiger partial charge on any atom is -0.493 e. The van der Waals surface area contributed by atoms with Crippen LogP contribution in [0.1, 0.15) is 22.3 Å². The average Bonchev–Trinajstić information content (AvgIpc) is 3.15. The number of cyclic esters (lactones) is 1. The van der Waals surface area contributed by atoms with Gasteiger partial charge in [-0.15, -0.1) is 0 Å². The van der Waals surface area contributed by atoms with Crippen molar-refractivity contribution in [2.45, 2.75) is 13.5 Å². The smallest absolute Gasteiger partial charge is 0.363 e. The molecule has 0 amide bonds. The van der Waals surface area contributed by atoms with Crippen LogP contribution in [0.15, 0.2) is 75.8 Å². The van der Waals surface area contributed by atoms with Crippen LogP contribution in [0.4, 0.5) is 0 Å². The van der Waals surface area contributed by atoms with Gasteiger partial charge in [0.25, 0.3) is 0 Å². The van der Waals surface area contributed by atoms with Crippen LogP contribution in [-0.2, 0) is 16.1 Å². The summed E-state index contributed by atoms with van der Waals surface area (Å²) in [6, 6.07) is 19.2. The number of aryl methyl sites for hydroxylation is 1. The second kappa shape index (κ2) is 9.87. The topological polar surface area (TPSA) is 57.1 Å². The number of ether oxygens (including phenoxy) is 3. The molecule has 0 unspecified atom stereocenters. The number of rotatable bonds is 6. The Labute approximate surface area is 208 Å². The molecule has 0 atom stereocenters. The summed E-state index contributed by atoms with van der Waals surface area (Å²) in [4.78, 5) is 16.7. The lowest BCUT2D eigenvalue weighted by atomic mass is 10.1. The number of nitrogens with zero attached hydrogens (tertiary/aromatic N) is 1. The fourth-order valence-electron chi connectivity index (χ4n) is 3.14. The molecule has 1 aliphatic rings. The molecule has 0 aliphatic carbocycles. The van der Waals surface area contributed by atoms with E-state index in [1.807, 2.05) is 54.6 Å². The summed E-state index contributed by atoms with van der Waals surface area (Å²) < 4.78 is 18.8. The van der Waals surface area contributed by atoms with Crippen molar-refractivity contribution in [3.63, 3.8) is 0 Å². The fraction of sp³-hybridized carbons (Fsp3) is 0.120. The molecule has 0 aromatic heterocycles. The molecule has 0 spiro atoms. The molecule has 1 aliphatic heterocycles. The molecule has 0 fully saturated rings. The van der Waals surface area contributed by atoms with E-state index in [0.717, 1.165) is 24.7 Å². The van der Waals surface area contributed by atoms with Gasteiger partial charge in [0.1, 0.15) is 6.61 Å². The fourth-order valence-corrected chi connectivity index (χ4v) is 3.85. The molecular weight excluding hydrogens is 585 g/mol. The van der Waals surface area contributed by atoms with Gasteiger partial charge in [-0.3, -0.25) is 0 Å². The highest BCUT2D eigenvalue weighted by Crippen LogP contribution is 2.31. The largest absolute Gasteiger partial charge is 0.493 e. The lowest BCUT2D eigenvalue weighted by Crippen LogP contribution is -2.05. The predicted octanol–water partition coefficient (Wildman–Crippen LogP) is 6.29. The highest BCUT2D eigenvalue weighted by molar-refractivity contribution is 14.1. The third kappa shape index (κ3) is 5.05. The Balaban J connectivity index is 1.55. The molecule has 0 N–H and O–H groups in total. The zero-order valence-electron chi connectivity index (χ0n) is 17.4. The summed E-state index contributed by atoms with van der Waals surface area (Å²) in [5, 5.41) is 0. The van der Waals surface area contributed by atoms with Crippen molar-refractivity contribution >= 4 is 56.5 Å². The summed E-state index contributed by atoms with van der Waals surface area (Å²) in [6.45, 7) is 2.49. The molecule has 32 heavy (non-hydrogen) atoms. The maximum atomic E-state index is 12.4. The number of methoxy groups -OCH3 is 1. The quantitative estimate of drug-likeness (QED) is 0.189. The molecule has 7 heteroatoms. The van der Waals surface area contributed by atoms with Gasteiger partial charge in [-0.25, -0.2) is 9.79 Å². The SMILES string of the molecule is COc1cc(/C=C2\N=C(c3ccc(I)c(Br)c3)OC2=O)ccc1OCc1ccccc1C. The number of esters is 1. The Bertz CT molecular complexity index is 1250. The van der Waals surface area contributed by atoms with Gasteiger partial charge < -0.3 is 14.2 Å². The lowest BCUT2D eigenvalue weighted by molar-refractivity contribution is -0.129. The van der Waals surface area contributed by atoms with E-state index in [-0.39, 0.29) is 11.6 Å². The van der Waals surface area contributed by atoms with E-state index in [9.17, 15) is 4.79 Å². The van der Waals surface area contributed by atoms with Crippen LogP contribution in [0, 0.1) is 10.5 Å². The molecule has 1 heterocycles. The Hall–Kier alpha value is -2.65. The van der Waals surface area contributed by atoms with Crippen LogP contribution in [-0.4, -0.2) is 19.0 Å². The summed E-state index contributed by atoms with van der Waals surface area (Å²) in [5.74, 6) is 0.988. The molecule has 0 radical (unpaired) electrons. The first kappa shape index (κ1) is 22.5. The van der Waals surface area contributed by atoms with Crippen LogP contribution in [0.5, 0.6) is 11.5 Å². The first-order valence-electron chi connectivity index (χ1n) is 9.78. The standard InChI is InChI=1S/C25H19BrINO4/c1-15-5-3-4-6-18(15)14-31-22-10-7-16(12-23(22)30-2)11-21-25(29)32-24(28-21)17-8-9-20(27)19(26)13-17/h3-13H,14H2,1-2H3/b21-11-. The van der Waals surface area contributed by atoms with Crippen molar-refractivity contribution in [3.8, 4) is 11.5 Å². The van der Waals surface area contributed by atoms with E-state index < -0.39 is 5.97 Å². The monoisotopic (exact) mass is 603 g/mol. The van der Waals surface area contributed by atoms with E-state index in [4.69, 9.17) is 14.2 Å². The Morgan fingerprint density at radius 3 is 2.66 bits per heavy atom. The average molecular weight is 604 g/mol. The van der Waals surface area contributed by atoms with Crippen molar-refractivity contribution in [2.75, 3.05) is 7.11 Å². The van der Waals surface area contributed by atoms with E-state index in [1.165, 1.54) is 5.56 Å².